The molecule has 0 aliphatic rings. The van der Waals surface area contributed by atoms with Crippen molar-refractivity contribution in [2.24, 2.45) is 0 Å². The minimum atomic E-state index is -0.572. The first kappa shape index (κ1) is 17.1. The van der Waals surface area contributed by atoms with E-state index in [1.807, 2.05) is 6.92 Å². The Labute approximate surface area is 153 Å². The zero-order chi connectivity index (χ0) is 19.3. The standard InChI is InChI=1S/C20H17F2N3O2/c1-3-25-9-14-17(20(25)26)18(23)11-5-6-13(22)16(19(11)24-14)12-8-10(21)4-7-15(12)27-2/h4-9,26H,3,23H2,1-2H3. The van der Waals surface area contributed by atoms with Crippen molar-refractivity contribution >= 4 is 27.5 Å². The zero-order valence-electron chi connectivity index (χ0n) is 14.8. The second-order valence-electron chi connectivity index (χ2n) is 6.19. The highest BCUT2D eigenvalue weighted by Gasteiger charge is 2.21. The first-order valence-electron chi connectivity index (χ1n) is 8.39. The number of nitrogens with zero attached hydrogens (tertiary/aromatic N) is 2. The van der Waals surface area contributed by atoms with E-state index in [2.05, 4.69) is 4.98 Å². The van der Waals surface area contributed by atoms with E-state index < -0.39 is 11.6 Å². The van der Waals surface area contributed by atoms with Gasteiger partial charge in [-0.15, -0.1) is 0 Å². The maximum absolute atomic E-state index is 14.8. The van der Waals surface area contributed by atoms with Crippen LogP contribution in [-0.4, -0.2) is 21.8 Å². The number of rotatable bonds is 3. The summed E-state index contributed by atoms with van der Waals surface area (Å²) >= 11 is 0. The number of nitrogens with two attached hydrogens (primary N) is 1. The number of ether oxygens (including phenoxy) is 1. The molecule has 27 heavy (non-hydrogen) atoms. The van der Waals surface area contributed by atoms with Crippen LogP contribution in [0.5, 0.6) is 11.6 Å². The van der Waals surface area contributed by atoms with Crippen LogP contribution in [0.3, 0.4) is 0 Å². The van der Waals surface area contributed by atoms with Gasteiger partial charge in [0, 0.05) is 29.3 Å². The maximum atomic E-state index is 14.8. The monoisotopic (exact) mass is 369 g/mol. The van der Waals surface area contributed by atoms with Gasteiger partial charge in [0.15, 0.2) is 0 Å². The summed E-state index contributed by atoms with van der Waals surface area (Å²) < 4.78 is 35.6. The van der Waals surface area contributed by atoms with Gasteiger partial charge in [0.05, 0.1) is 29.2 Å². The molecule has 0 saturated heterocycles. The van der Waals surface area contributed by atoms with E-state index in [-0.39, 0.29) is 28.2 Å². The number of methoxy groups -OCH3 is 1. The largest absolute Gasteiger partial charge is 0.496 e. The molecule has 0 saturated carbocycles. The number of aryl methyl sites for hydroxylation is 1. The van der Waals surface area contributed by atoms with Gasteiger partial charge in [0.2, 0.25) is 5.88 Å². The second kappa shape index (κ2) is 6.12. The number of hydrogen-bond donors (Lipinski definition) is 2. The quantitative estimate of drug-likeness (QED) is 0.560. The molecule has 0 spiro atoms. The summed E-state index contributed by atoms with van der Waals surface area (Å²) in [4.78, 5) is 4.53. The zero-order valence-corrected chi connectivity index (χ0v) is 14.8. The van der Waals surface area contributed by atoms with E-state index in [4.69, 9.17) is 10.5 Å². The average Bonchev–Trinajstić information content (AvgIpc) is 2.97. The predicted octanol–water partition coefficient (Wildman–Crippen LogP) is 4.45. The summed E-state index contributed by atoms with van der Waals surface area (Å²) in [6.07, 6.45) is 1.65. The topological polar surface area (TPSA) is 73.3 Å². The number of benzene rings is 2. The van der Waals surface area contributed by atoms with Crippen molar-refractivity contribution in [3.63, 3.8) is 0 Å². The predicted molar refractivity (Wildman–Crippen MR) is 101 cm³/mol. The molecule has 5 nitrogen and oxygen atoms in total. The fourth-order valence-corrected chi connectivity index (χ4v) is 3.40. The number of pyridine rings is 1. The number of halogens is 2. The van der Waals surface area contributed by atoms with Crippen molar-refractivity contribution in [1.82, 2.24) is 9.55 Å². The van der Waals surface area contributed by atoms with Crippen LogP contribution >= 0.6 is 0 Å². The van der Waals surface area contributed by atoms with Crippen LogP contribution in [0.1, 0.15) is 6.92 Å². The van der Waals surface area contributed by atoms with Crippen LogP contribution in [0.2, 0.25) is 0 Å². The van der Waals surface area contributed by atoms with E-state index in [1.165, 1.54) is 37.4 Å². The number of nitrogen functional groups attached to an aromatic ring is 1. The van der Waals surface area contributed by atoms with Gasteiger partial charge in [-0.1, -0.05) is 0 Å². The van der Waals surface area contributed by atoms with Gasteiger partial charge in [-0.2, -0.15) is 0 Å². The van der Waals surface area contributed by atoms with Crippen LogP contribution in [0.4, 0.5) is 14.5 Å². The molecule has 0 aliphatic carbocycles. The molecule has 0 atom stereocenters. The van der Waals surface area contributed by atoms with Crippen molar-refractivity contribution in [2.75, 3.05) is 12.8 Å². The van der Waals surface area contributed by atoms with Gasteiger partial charge in [0.1, 0.15) is 17.4 Å². The van der Waals surface area contributed by atoms with Crippen molar-refractivity contribution in [2.45, 2.75) is 13.5 Å². The highest BCUT2D eigenvalue weighted by Crippen LogP contribution is 2.42. The Morgan fingerprint density at radius 1 is 1.22 bits per heavy atom. The molecule has 0 fully saturated rings. The molecular formula is C20H17F2N3O2. The van der Waals surface area contributed by atoms with E-state index in [0.717, 1.165) is 0 Å². The Morgan fingerprint density at radius 2 is 2.00 bits per heavy atom. The Hall–Kier alpha value is -3.35. The molecule has 0 aliphatic heterocycles. The molecular weight excluding hydrogens is 352 g/mol. The normalized spacial score (nSPS) is 11.4. The van der Waals surface area contributed by atoms with E-state index in [9.17, 15) is 13.9 Å². The first-order valence-corrected chi connectivity index (χ1v) is 8.39. The van der Waals surface area contributed by atoms with Crippen molar-refractivity contribution in [3.05, 3.63) is 48.2 Å². The maximum Gasteiger partial charge on any atom is 0.202 e. The van der Waals surface area contributed by atoms with Crippen LogP contribution in [0.25, 0.3) is 32.9 Å². The summed E-state index contributed by atoms with van der Waals surface area (Å²) in [6.45, 7) is 2.40. The number of aromatic hydroxyl groups is 1. The van der Waals surface area contributed by atoms with E-state index in [0.29, 0.717) is 28.6 Å². The average molecular weight is 369 g/mol. The number of hydrogen-bond acceptors (Lipinski definition) is 4. The highest BCUT2D eigenvalue weighted by atomic mass is 19.1. The molecule has 138 valence electrons. The summed E-state index contributed by atoms with van der Waals surface area (Å²) in [5.41, 5.74) is 7.62. The second-order valence-corrected chi connectivity index (χ2v) is 6.19. The van der Waals surface area contributed by atoms with Gasteiger partial charge in [-0.25, -0.2) is 13.8 Å². The Bertz CT molecular complexity index is 1200. The summed E-state index contributed by atoms with van der Waals surface area (Å²) in [5, 5.41) is 11.3. The molecule has 2 heterocycles. The summed E-state index contributed by atoms with van der Waals surface area (Å²) in [7, 11) is 1.43. The third-order valence-electron chi connectivity index (χ3n) is 4.72. The lowest BCUT2D eigenvalue weighted by atomic mass is 9.98. The van der Waals surface area contributed by atoms with Gasteiger partial charge in [-0.3, -0.25) is 0 Å². The summed E-state index contributed by atoms with van der Waals surface area (Å²) in [5.74, 6) is -0.770. The molecule has 2 aromatic heterocycles. The van der Waals surface area contributed by atoms with Gasteiger partial charge in [0.25, 0.3) is 0 Å². The highest BCUT2D eigenvalue weighted by molar-refractivity contribution is 6.12. The fraction of sp³-hybridized carbons (Fsp3) is 0.150. The van der Waals surface area contributed by atoms with E-state index >= 15 is 0 Å². The Kier molecular flexibility index (Phi) is 3.87. The molecule has 0 amide bonds. The van der Waals surface area contributed by atoms with Gasteiger partial charge >= 0.3 is 0 Å². The fourth-order valence-electron chi connectivity index (χ4n) is 3.40. The lowest BCUT2D eigenvalue weighted by Gasteiger charge is -2.13. The summed E-state index contributed by atoms with van der Waals surface area (Å²) in [6, 6.07) is 6.63. The molecule has 7 heteroatoms. The molecule has 0 bridgehead atoms. The Balaban J connectivity index is 2.16. The van der Waals surface area contributed by atoms with Gasteiger partial charge < -0.3 is 20.1 Å². The minimum Gasteiger partial charge on any atom is -0.496 e. The van der Waals surface area contributed by atoms with Crippen molar-refractivity contribution in [1.29, 1.82) is 0 Å². The number of aromatic nitrogens is 2. The minimum absolute atomic E-state index is 0.00797. The van der Waals surface area contributed by atoms with Crippen molar-refractivity contribution in [3.8, 4) is 22.8 Å². The van der Waals surface area contributed by atoms with Crippen molar-refractivity contribution < 1.29 is 18.6 Å². The van der Waals surface area contributed by atoms with Crippen LogP contribution < -0.4 is 10.5 Å². The van der Waals surface area contributed by atoms with Crippen LogP contribution in [0.15, 0.2) is 36.5 Å². The SMILES string of the molecule is CCn1cc2nc3c(-c4cc(F)ccc4OC)c(F)ccc3c(N)c2c1O. The lowest BCUT2D eigenvalue weighted by molar-refractivity contribution is 0.415. The Morgan fingerprint density at radius 3 is 2.70 bits per heavy atom. The lowest BCUT2D eigenvalue weighted by Crippen LogP contribution is -1.97. The first-order chi connectivity index (χ1) is 13.0. The van der Waals surface area contributed by atoms with E-state index in [1.54, 1.807) is 10.8 Å². The number of fused-ring (bicyclic) bond motifs is 2. The molecule has 4 rings (SSSR count). The molecule has 2 aromatic carbocycles. The smallest absolute Gasteiger partial charge is 0.202 e. The third kappa shape index (κ3) is 2.46. The molecule has 0 unspecified atom stereocenters. The molecule has 4 aromatic rings. The third-order valence-corrected chi connectivity index (χ3v) is 4.72. The van der Waals surface area contributed by atoms with Gasteiger partial charge in [-0.05, 0) is 37.3 Å². The van der Waals surface area contributed by atoms with Crippen LogP contribution in [0, 0.1) is 11.6 Å². The molecule has 3 N–H and O–H groups in total. The van der Waals surface area contributed by atoms with Crippen LogP contribution in [-0.2, 0) is 6.54 Å². The molecule has 0 radical (unpaired) electrons. The number of anilines is 1.